The van der Waals surface area contributed by atoms with E-state index in [9.17, 15) is 22.8 Å². The lowest BCUT2D eigenvalue weighted by Gasteiger charge is -2.22. The van der Waals surface area contributed by atoms with Crippen LogP contribution in [0.2, 0.25) is 0 Å². The van der Waals surface area contributed by atoms with Crippen molar-refractivity contribution in [1.29, 1.82) is 0 Å². The van der Waals surface area contributed by atoms with Crippen LogP contribution in [0.1, 0.15) is 0 Å². The molecule has 2 aromatic rings. The summed E-state index contributed by atoms with van der Waals surface area (Å²) in [6, 6.07) is 10.4. The van der Waals surface area contributed by atoms with Gasteiger partial charge in [0, 0.05) is 7.11 Å². The number of rotatable bonds is 8. The van der Waals surface area contributed by atoms with E-state index in [0.717, 1.165) is 25.2 Å². The lowest BCUT2D eigenvalue weighted by atomic mass is 10.2. The molecule has 0 aromatic heterocycles. The number of methoxy groups -OCH3 is 3. The van der Waals surface area contributed by atoms with Crippen molar-refractivity contribution in [3.8, 4) is 5.75 Å². The van der Waals surface area contributed by atoms with Gasteiger partial charge in [0.2, 0.25) is 5.96 Å². The first-order chi connectivity index (χ1) is 17.1. The van der Waals surface area contributed by atoms with Gasteiger partial charge >= 0.3 is 28.3 Å². The second-order valence-electron chi connectivity index (χ2n) is 6.68. The van der Waals surface area contributed by atoms with Gasteiger partial charge in [0.1, 0.15) is 10.6 Å². The van der Waals surface area contributed by atoms with Crippen LogP contribution < -0.4 is 25.5 Å². The van der Waals surface area contributed by atoms with Crippen LogP contribution in [0.4, 0.5) is 25.8 Å². The van der Waals surface area contributed by atoms with E-state index in [4.69, 9.17) is 14.7 Å². The topological polar surface area (TPSA) is 188 Å². The molecule has 0 aliphatic heterocycles. The van der Waals surface area contributed by atoms with Gasteiger partial charge in [0.15, 0.2) is 0 Å². The molecular weight excluding hydrogens is 498 g/mol. The molecule has 4 amide bonds. The van der Waals surface area contributed by atoms with Gasteiger partial charge in [-0.3, -0.25) is 15.5 Å². The molecule has 0 spiro atoms. The van der Waals surface area contributed by atoms with Gasteiger partial charge in [-0.2, -0.15) is 8.42 Å². The van der Waals surface area contributed by atoms with E-state index in [1.807, 2.05) is 0 Å². The van der Waals surface area contributed by atoms with E-state index in [0.29, 0.717) is 0 Å². The number of benzene rings is 2. The van der Waals surface area contributed by atoms with Gasteiger partial charge in [0.25, 0.3) is 0 Å². The van der Waals surface area contributed by atoms with Gasteiger partial charge < -0.3 is 24.1 Å². The summed E-state index contributed by atoms with van der Waals surface area (Å²) in [6.45, 7) is 0.0576. The molecule has 0 atom stereocenters. The van der Waals surface area contributed by atoms with Crippen LogP contribution in [0.15, 0.2) is 58.4 Å². The van der Waals surface area contributed by atoms with Crippen LogP contribution in [-0.4, -0.2) is 67.1 Å². The molecule has 2 rings (SSSR count). The van der Waals surface area contributed by atoms with Crippen molar-refractivity contribution in [1.82, 2.24) is 10.6 Å². The summed E-state index contributed by atoms with van der Waals surface area (Å²) in [6.07, 6.45) is -2.01. The highest BCUT2D eigenvalue weighted by molar-refractivity contribution is 7.87. The monoisotopic (exact) mass is 523 g/mol. The fourth-order valence-electron chi connectivity index (χ4n) is 2.66. The Morgan fingerprint density at radius 3 is 2.11 bits per heavy atom. The first-order valence-electron chi connectivity index (χ1n) is 10.1. The number of hydrogen-bond acceptors (Lipinski definition) is 10. The quantitative estimate of drug-likeness (QED) is 0.263. The van der Waals surface area contributed by atoms with Gasteiger partial charge in [-0.05, 0) is 30.3 Å². The molecule has 0 radical (unpaired) electrons. The Morgan fingerprint density at radius 2 is 1.58 bits per heavy atom. The van der Waals surface area contributed by atoms with E-state index in [-0.39, 0.29) is 35.2 Å². The van der Waals surface area contributed by atoms with Crippen LogP contribution in [0.25, 0.3) is 0 Å². The molecule has 0 aliphatic rings. The average Bonchev–Trinajstić information content (AvgIpc) is 2.84. The maximum Gasteiger partial charge on any atom is 0.413 e. The number of guanidine groups is 1. The Hall–Kier alpha value is -4.37. The van der Waals surface area contributed by atoms with Crippen molar-refractivity contribution in [3.63, 3.8) is 0 Å². The highest BCUT2D eigenvalue weighted by Gasteiger charge is 2.23. The number of carbonyl (C=O) groups excluding carboxylic acids is 3. The highest BCUT2D eigenvalue weighted by atomic mass is 32.2. The third kappa shape index (κ3) is 7.85. The van der Waals surface area contributed by atoms with Crippen LogP contribution in [-0.2, 0) is 24.3 Å². The molecule has 0 heterocycles. The Bertz CT molecular complexity index is 1200. The fourth-order valence-corrected chi connectivity index (χ4v) is 3.61. The molecule has 0 aliphatic carbocycles. The van der Waals surface area contributed by atoms with Crippen molar-refractivity contribution >= 4 is 45.7 Å². The summed E-state index contributed by atoms with van der Waals surface area (Å²) in [4.78, 5) is 40.5. The van der Waals surface area contributed by atoms with E-state index in [1.54, 1.807) is 18.2 Å². The molecule has 14 nitrogen and oxygen atoms in total. The maximum absolute atomic E-state index is 12.9. The molecule has 0 unspecified atom stereocenters. The maximum atomic E-state index is 12.9. The zero-order chi connectivity index (χ0) is 26.7. The largest absolute Gasteiger partial charge is 0.453 e. The zero-order valence-corrected chi connectivity index (χ0v) is 20.4. The molecule has 4 N–H and O–H groups in total. The number of nitrogens with zero attached hydrogens (tertiary/aromatic N) is 2. The summed E-state index contributed by atoms with van der Waals surface area (Å²) in [5, 5.41) is 4.31. The minimum Gasteiger partial charge on any atom is -0.453 e. The number of aliphatic imine (C=N–C) groups is 1. The number of urea groups is 1. The Morgan fingerprint density at radius 1 is 0.972 bits per heavy atom. The number of carbonyl (C=O) groups is 3. The summed E-state index contributed by atoms with van der Waals surface area (Å²) in [7, 11) is -0.802. The van der Waals surface area contributed by atoms with E-state index in [1.165, 1.54) is 31.4 Å². The number of alkyl carbamates (subject to hydrolysis) is 2. The molecular formula is C21H25N5O9S. The van der Waals surface area contributed by atoms with E-state index < -0.39 is 34.3 Å². The first kappa shape index (κ1) is 27.9. The second kappa shape index (κ2) is 12.9. The third-order valence-corrected chi connectivity index (χ3v) is 5.55. The predicted octanol–water partition coefficient (Wildman–Crippen LogP) is 1.69. The summed E-state index contributed by atoms with van der Waals surface area (Å²) in [5.41, 5.74) is 5.35. The van der Waals surface area contributed by atoms with Gasteiger partial charge in [-0.1, -0.05) is 18.2 Å². The Kier molecular flexibility index (Phi) is 10.00. The van der Waals surface area contributed by atoms with Crippen molar-refractivity contribution < 1.29 is 41.2 Å². The summed E-state index contributed by atoms with van der Waals surface area (Å²) >= 11 is 0. The number of anilines is 1. The number of nitrogens with one attached hydrogen (secondary N) is 2. The number of amides is 4. The van der Waals surface area contributed by atoms with Crippen LogP contribution in [0.3, 0.4) is 0 Å². The van der Waals surface area contributed by atoms with Crippen molar-refractivity contribution in [2.45, 2.75) is 4.90 Å². The van der Waals surface area contributed by atoms with Crippen LogP contribution >= 0.6 is 0 Å². The fraction of sp³-hybridized carbons (Fsp3) is 0.238. The van der Waals surface area contributed by atoms with E-state index >= 15 is 0 Å². The average molecular weight is 524 g/mol. The van der Waals surface area contributed by atoms with Gasteiger partial charge in [-0.15, -0.1) is 0 Å². The number of primary amides is 1. The van der Waals surface area contributed by atoms with E-state index in [2.05, 4.69) is 25.1 Å². The minimum absolute atomic E-state index is 0.0227. The highest BCUT2D eigenvalue weighted by Crippen LogP contribution is 2.32. The lowest BCUT2D eigenvalue weighted by Crippen LogP contribution is -2.43. The Balaban J connectivity index is 2.66. The molecule has 0 saturated carbocycles. The lowest BCUT2D eigenvalue weighted by molar-refractivity contribution is 0.173. The number of hydrogen-bond donors (Lipinski definition) is 3. The number of nitrogens with two attached hydrogens (primary N) is 1. The number of ether oxygens (including phenoxy) is 3. The zero-order valence-electron chi connectivity index (χ0n) is 19.6. The minimum atomic E-state index is -4.36. The number of para-hydroxylation sites is 1. The molecule has 194 valence electrons. The van der Waals surface area contributed by atoms with Crippen molar-refractivity contribution in [2.75, 3.05) is 39.4 Å². The van der Waals surface area contributed by atoms with Crippen LogP contribution in [0, 0.1) is 0 Å². The van der Waals surface area contributed by atoms with Crippen molar-refractivity contribution in [3.05, 3.63) is 48.5 Å². The first-order valence-corrected chi connectivity index (χ1v) is 11.5. The van der Waals surface area contributed by atoms with Gasteiger partial charge in [0.05, 0.1) is 38.7 Å². The Labute approximate surface area is 207 Å². The normalized spacial score (nSPS) is 10.5. The molecule has 0 bridgehead atoms. The van der Waals surface area contributed by atoms with Crippen molar-refractivity contribution in [2.24, 2.45) is 10.7 Å². The smallest absolute Gasteiger partial charge is 0.413 e. The molecule has 2 aromatic carbocycles. The summed E-state index contributed by atoms with van der Waals surface area (Å²) in [5.74, 6) is -0.435. The summed E-state index contributed by atoms with van der Waals surface area (Å²) < 4.78 is 45.0. The molecule has 0 fully saturated rings. The standard InChI is InChI=1S/C21H25N5O9S/c1-32-12-11-26(18(22)27)17-10-9-15(36(30,31)35-14-7-5-4-6-8-14)13-16(17)23-19(24-20(28)33-2)25-21(29)34-3/h4-10,13H,11-12H2,1-3H3,(H2,22,27)(H2,23,24,25,28,29). The van der Waals surface area contributed by atoms with Gasteiger partial charge in [-0.25, -0.2) is 19.4 Å². The SMILES string of the molecule is COCCN(C(N)=O)c1ccc(S(=O)(=O)Oc2ccccc2)cc1N=C(NC(=O)OC)NC(=O)OC. The molecule has 15 heteroatoms. The predicted molar refractivity (Wildman–Crippen MR) is 128 cm³/mol. The second-order valence-corrected chi connectivity index (χ2v) is 8.22. The third-order valence-electron chi connectivity index (χ3n) is 4.30. The molecule has 0 saturated heterocycles. The molecule has 36 heavy (non-hydrogen) atoms. The van der Waals surface area contributed by atoms with Crippen LogP contribution in [0.5, 0.6) is 5.75 Å².